The van der Waals surface area contributed by atoms with Crippen LogP contribution in [0.5, 0.6) is 0 Å². The van der Waals surface area contributed by atoms with E-state index in [0.717, 1.165) is 21.8 Å². The monoisotopic (exact) mass is 815 g/mol. The number of hydrogen-bond acceptors (Lipinski definition) is 2. The van der Waals surface area contributed by atoms with Gasteiger partial charge in [-0.05, 0) is 120 Å². The van der Waals surface area contributed by atoms with E-state index in [9.17, 15) is 0 Å². The molecule has 0 fully saturated rings. The molecule has 64 heavy (non-hydrogen) atoms. The first-order valence-electron chi connectivity index (χ1n) is 22.1. The molecule has 0 aliphatic heterocycles. The summed E-state index contributed by atoms with van der Waals surface area (Å²) in [6.07, 6.45) is 3.56. The van der Waals surface area contributed by atoms with Crippen LogP contribution in [0.15, 0.2) is 213 Å². The summed E-state index contributed by atoms with van der Waals surface area (Å²) >= 11 is 0. The quantitative estimate of drug-likeness (QED) is 0.162. The number of fused-ring (bicyclic) bond motifs is 12. The first-order valence-corrected chi connectivity index (χ1v) is 22.1. The first-order chi connectivity index (χ1) is 31.5. The number of aromatic nitrogens is 3. The minimum atomic E-state index is -0.151. The van der Waals surface area contributed by atoms with Crippen molar-refractivity contribution in [3.8, 4) is 61.3 Å². The van der Waals surface area contributed by atoms with Gasteiger partial charge >= 0.3 is 0 Å². The normalized spacial score (nSPS) is 13.0. The van der Waals surface area contributed by atoms with Crippen LogP contribution in [0.1, 0.15) is 25.0 Å². The third-order valence-electron chi connectivity index (χ3n) is 13.9. The molecule has 2 heterocycles. The zero-order valence-corrected chi connectivity index (χ0v) is 35.5. The van der Waals surface area contributed by atoms with Crippen molar-refractivity contribution in [2.45, 2.75) is 19.3 Å². The van der Waals surface area contributed by atoms with Crippen LogP contribution in [0.2, 0.25) is 0 Å². The molecule has 2 aromatic heterocycles. The van der Waals surface area contributed by atoms with E-state index in [-0.39, 0.29) is 5.41 Å². The lowest BCUT2D eigenvalue weighted by atomic mass is 9.81. The number of nitrogens with zero attached hydrogens (tertiary/aromatic N) is 3. The van der Waals surface area contributed by atoms with E-state index < -0.39 is 0 Å². The Hall–Kier alpha value is -8.14. The van der Waals surface area contributed by atoms with Gasteiger partial charge in [-0.3, -0.25) is 9.97 Å². The second kappa shape index (κ2) is 13.9. The smallest absolute Gasteiger partial charge is 0.0971 e. The fraction of sp³-hybridized carbons (Fsp3) is 0.0492. The maximum Gasteiger partial charge on any atom is 0.0971 e. The van der Waals surface area contributed by atoms with E-state index >= 15 is 0 Å². The van der Waals surface area contributed by atoms with Crippen LogP contribution in [0, 0.1) is 0 Å². The Bertz CT molecular complexity index is 3800. The van der Waals surface area contributed by atoms with Gasteiger partial charge in [0.1, 0.15) is 0 Å². The van der Waals surface area contributed by atoms with Crippen molar-refractivity contribution in [1.82, 2.24) is 14.5 Å². The van der Waals surface area contributed by atoms with Crippen molar-refractivity contribution in [3.63, 3.8) is 0 Å². The van der Waals surface area contributed by atoms with E-state index in [4.69, 9.17) is 9.97 Å². The molecule has 1 aliphatic carbocycles. The lowest BCUT2D eigenvalue weighted by molar-refractivity contribution is 0.661. The van der Waals surface area contributed by atoms with Crippen molar-refractivity contribution in [3.05, 3.63) is 224 Å². The lowest BCUT2D eigenvalue weighted by Crippen LogP contribution is -2.15. The average Bonchev–Trinajstić information content (AvgIpc) is 3.81. The lowest BCUT2D eigenvalue weighted by Gasteiger charge is -2.22. The molecule has 0 atom stereocenters. The molecule has 13 rings (SSSR count). The molecule has 300 valence electrons. The van der Waals surface area contributed by atoms with Gasteiger partial charge in [0, 0.05) is 45.0 Å². The van der Waals surface area contributed by atoms with Gasteiger partial charge in [-0.1, -0.05) is 172 Å². The van der Waals surface area contributed by atoms with E-state index in [0.29, 0.717) is 0 Å². The molecule has 12 aromatic rings. The zero-order chi connectivity index (χ0) is 42.5. The maximum absolute atomic E-state index is 4.73. The maximum atomic E-state index is 4.73. The molecular formula is C61H41N3. The Kier molecular flexibility index (Phi) is 7.95. The second-order valence-electron chi connectivity index (χ2n) is 17.8. The van der Waals surface area contributed by atoms with Crippen molar-refractivity contribution >= 4 is 54.4 Å². The minimum Gasteiger partial charge on any atom is -0.309 e. The van der Waals surface area contributed by atoms with Gasteiger partial charge in [0.2, 0.25) is 0 Å². The standard InChI is InChI=1S/C61H41N3/c1-61(2)55-35-43(24-28-48(55)49-29-25-44(36-56(49)61)45-26-30-51-50-13-8-9-15-57(50)64(58(51)37-45)46-10-4-3-5-11-46)41-22-18-39(19-23-41)38-16-20-40(21-17-38)42-27-31-53-54(34-42)47-12-6-7-14-52(47)59-60(53)63-33-32-62-59/h3-37H,1-2H3. The molecule has 0 bridgehead atoms. The summed E-state index contributed by atoms with van der Waals surface area (Å²) in [4.78, 5) is 9.43. The van der Waals surface area contributed by atoms with Gasteiger partial charge in [-0.15, -0.1) is 0 Å². The molecule has 0 spiro atoms. The fourth-order valence-corrected chi connectivity index (χ4v) is 10.6. The summed E-state index contributed by atoms with van der Waals surface area (Å²) in [5, 5.41) is 7.20. The summed E-state index contributed by atoms with van der Waals surface area (Å²) in [5.41, 5.74) is 20.5. The van der Waals surface area contributed by atoms with Crippen LogP contribution in [0.25, 0.3) is 116 Å². The molecule has 10 aromatic carbocycles. The molecule has 1 aliphatic rings. The molecule has 0 unspecified atom stereocenters. The summed E-state index contributed by atoms with van der Waals surface area (Å²) < 4.78 is 2.40. The molecule has 0 radical (unpaired) electrons. The number of rotatable bonds is 5. The second-order valence-corrected chi connectivity index (χ2v) is 17.8. The van der Waals surface area contributed by atoms with Crippen LogP contribution in [0.3, 0.4) is 0 Å². The van der Waals surface area contributed by atoms with E-state index in [1.807, 2.05) is 0 Å². The highest BCUT2D eigenvalue weighted by Gasteiger charge is 2.36. The Morgan fingerprint density at radius 3 is 1.38 bits per heavy atom. The topological polar surface area (TPSA) is 30.7 Å². The van der Waals surface area contributed by atoms with Crippen molar-refractivity contribution in [2.75, 3.05) is 0 Å². The molecule has 0 N–H and O–H groups in total. The van der Waals surface area contributed by atoms with E-state index in [1.165, 1.54) is 105 Å². The summed E-state index contributed by atoms with van der Waals surface area (Å²) in [7, 11) is 0. The zero-order valence-electron chi connectivity index (χ0n) is 35.5. The van der Waals surface area contributed by atoms with E-state index in [2.05, 4.69) is 219 Å². The summed E-state index contributed by atoms with van der Waals surface area (Å²) in [5.74, 6) is 0. The molecule has 3 nitrogen and oxygen atoms in total. The van der Waals surface area contributed by atoms with E-state index in [1.54, 1.807) is 12.4 Å². The third-order valence-corrected chi connectivity index (χ3v) is 13.9. The molecule has 0 saturated carbocycles. The highest BCUT2D eigenvalue weighted by Crippen LogP contribution is 2.51. The van der Waals surface area contributed by atoms with Crippen LogP contribution >= 0.6 is 0 Å². The van der Waals surface area contributed by atoms with Gasteiger partial charge in [0.25, 0.3) is 0 Å². The van der Waals surface area contributed by atoms with Gasteiger partial charge in [0.05, 0.1) is 22.1 Å². The van der Waals surface area contributed by atoms with Crippen LogP contribution in [0.4, 0.5) is 0 Å². The van der Waals surface area contributed by atoms with Crippen molar-refractivity contribution < 1.29 is 0 Å². The van der Waals surface area contributed by atoms with Gasteiger partial charge in [0.15, 0.2) is 0 Å². The molecule has 0 saturated heterocycles. The summed E-state index contributed by atoms with van der Waals surface area (Å²) in [6.45, 7) is 4.76. The van der Waals surface area contributed by atoms with Crippen molar-refractivity contribution in [2.24, 2.45) is 0 Å². The first kappa shape index (κ1) is 36.5. The highest BCUT2D eigenvalue weighted by atomic mass is 15.0. The predicted molar refractivity (Wildman–Crippen MR) is 268 cm³/mol. The number of benzene rings is 10. The number of para-hydroxylation sites is 2. The highest BCUT2D eigenvalue weighted by molar-refractivity contribution is 6.23. The number of hydrogen-bond donors (Lipinski definition) is 0. The predicted octanol–water partition coefficient (Wildman–Crippen LogP) is 16.0. The Morgan fingerprint density at radius 1 is 0.328 bits per heavy atom. The fourth-order valence-electron chi connectivity index (χ4n) is 10.6. The average molecular weight is 816 g/mol. The van der Waals surface area contributed by atoms with Crippen LogP contribution < -0.4 is 0 Å². The van der Waals surface area contributed by atoms with Crippen LogP contribution in [-0.2, 0) is 5.41 Å². The molecular weight excluding hydrogens is 775 g/mol. The summed E-state index contributed by atoms with van der Waals surface area (Å²) in [6, 6.07) is 73.8. The Labute approximate surface area is 371 Å². The third kappa shape index (κ3) is 5.54. The Morgan fingerprint density at radius 2 is 0.750 bits per heavy atom. The Balaban J connectivity index is 0.788. The minimum absolute atomic E-state index is 0.151. The molecule has 3 heteroatoms. The van der Waals surface area contributed by atoms with Crippen molar-refractivity contribution in [1.29, 1.82) is 0 Å². The largest absolute Gasteiger partial charge is 0.309 e. The van der Waals surface area contributed by atoms with Gasteiger partial charge < -0.3 is 4.57 Å². The van der Waals surface area contributed by atoms with Gasteiger partial charge in [-0.25, -0.2) is 0 Å². The molecule has 0 amide bonds. The van der Waals surface area contributed by atoms with Gasteiger partial charge in [-0.2, -0.15) is 0 Å². The SMILES string of the molecule is CC1(C)c2cc(-c3ccc(-c4ccc(-c5ccc6c(c5)c5ccccc5c5nccnc65)cc4)cc3)ccc2-c2ccc(-c3ccc4c5ccccc5n(-c5ccccc5)c4c3)cc21. The van der Waals surface area contributed by atoms with Crippen LogP contribution in [-0.4, -0.2) is 14.5 Å².